The van der Waals surface area contributed by atoms with Gasteiger partial charge in [0.15, 0.2) is 6.29 Å². The van der Waals surface area contributed by atoms with Gasteiger partial charge < -0.3 is 5.11 Å². The van der Waals surface area contributed by atoms with Crippen LogP contribution in [0.2, 0.25) is 0 Å². The van der Waals surface area contributed by atoms with Crippen molar-refractivity contribution >= 4 is 22.2 Å². The summed E-state index contributed by atoms with van der Waals surface area (Å²) in [4.78, 5) is 10.9. The van der Waals surface area contributed by atoms with Crippen molar-refractivity contribution in [2.45, 2.75) is 24.9 Å². The van der Waals surface area contributed by atoms with E-state index < -0.39 is 5.60 Å². The lowest BCUT2D eigenvalue weighted by Gasteiger charge is -2.30. The quantitative estimate of drug-likeness (QED) is 0.781. The van der Waals surface area contributed by atoms with Crippen LogP contribution in [0.25, 0.3) is 0 Å². The second kappa shape index (κ2) is 3.48. The van der Waals surface area contributed by atoms with E-state index in [1.807, 2.05) is 18.2 Å². The molecule has 2 nitrogen and oxygen atoms in total. The van der Waals surface area contributed by atoms with E-state index in [9.17, 15) is 9.90 Å². The van der Waals surface area contributed by atoms with Gasteiger partial charge in [0.05, 0.1) is 0 Å². The summed E-state index contributed by atoms with van der Waals surface area (Å²) in [6.07, 6.45) is 2.95. The number of aliphatic hydroxyl groups is 1. The normalized spacial score (nSPS) is 25.6. The summed E-state index contributed by atoms with van der Waals surface area (Å²) in [5.41, 5.74) is 0.554. The summed E-state index contributed by atoms with van der Waals surface area (Å²) in [5, 5.41) is 10.1. The number of halogens is 1. The highest BCUT2D eigenvalue weighted by molar-refractivity contribution is 9.10. The molecule has 74 valence electrons. The van der Waals surface area contributed by atoms with Gasteiger partial charge in [-0.15, -0.1) is 0 Å². The van der Waals surface area contributed by atoms with Gasteiger partial charge in [0.1, 0.15) is 5.60 Å². The molecule has 0 amide bonds. The van der Waals surface area contributed by atoms with Crippen molar-refractivity contribution in [3.63, 3.8) is 0 Å². The average Bonchev–Trinajstić information content (AvgIpc) is 2.20. The fourth-order valence-corrected chi connectivity index (χ4v) is 2.57. The zero-order valence-electron chi connectivity index (χ0n) is 7.66. The maximum atomic E-state index is 10.9. The van der Waals surface area contributed by atoms with Crippen LogP contribution in [0.1, 0.15) is 24.0 Å². The van der Waals surface area contributed by atoms with E-state index in [0.717, 1.165) is 28.4 Å². The minimum Gasteiger partial charge on any atom is -0.378 e. The number of rotatable bonds is 1. The predicted molar refractivity (Wildman–Crippen MR) is 57.0 cm³/mol. The molecule has 1 aromatic rings. The zero-order chi connectivity index (χ0) is 10.2. The Morgan fingerprint density at radius 3 is 3.00 bits per heavy atom. The van der Waals surface area contributed by atoms with Gasteiger partial charge in [-0.3, -0.25) is 4.79 Å². The molecule has 0 heterocycles. The van der Waals surface area contributed by atoms with Crippen molar-refractivity contribution in [2.24, 2.45) is 0 Å². The Kier molecular flexibility index (Phi) is 2.45. The van der Waals surface area contributed by atoms with Gasteiger partial charge in [-0.2, -0.15) is 0 Å². The van der Waals surface area contributed by atoms with Crippen LogP contribution in [0.15, 0.2) is 22.7 Å². The number of fused-ring (bicyclic) bond motifs is 1. The van der Waals surface area contributed by atoms with E-state index >= 15 is 0 Å². The molecule has 0 saturated heterocycles. The van der Waals surface area contributed by atoms with Crippen LogP contribution in [-0.2, 0) is 16.8 Å². The Hall–Kier alpha value is -0.670. The van der Waals surface area contributed by atoms with Crippen LogP contribution in [0.4, 0.5) is 0 Å². The highest BCUT2D eigenvalue weighted by Gasteiger charge is 2.34. The molecule has 0 aromatic heterocycles. The van der Waals surface area contributed by atoms with Gasteiger partial charge in [0.2, 0.25) is 0 Å². The van der Waals surface area contributed by atoms with Crippen LogP contribution in [0, 0.1) is 0 Å². The zero-order valence-corrected chi connectivity index (χ0v) is 9.25. The first-order valence-electron chi connectivity index (χ1n) is 4.64. The second-order valence-electron chi connectivity index (χ2n) is 3.66. The lowest BCUT2D eigenvalue weighted by atomic mass is 9.80. The highest BCUT2D eigenvalue weighted by atomic mass is 79.9. The van der Waals surface area contributed by atoms with Gasteiger partial charge in [-0.1, -0.05) is 28.1 Å². The van der Waals surface area contributed by atoms with Crippen molar-refractivity contribution in [1.29, 1.82) is 0 Å². The van der Waals surface area contributed by atoms with Gasteiger partial charge >= 0.3 is 0 Å². The van der Waals surface area contributed by atoms with E-state index in [2.05, 4.69) is 15.9 Å². The first-order chi connectivity index (χ1) is 6.67. The summed E-state index contributed by atoms with van der Waals surface area (Å²) in [6, 6.07) is 5.62. The number of carbonyl (C=O) groups is 1. The smallest absolute Gasteiger partial charge is 0.156 e. The number of aldehydes is 1. The predicted octanol–water partition coefficient (Wildman–Crippen LogP) is 2.17. The second-order valence-corrected chi connectivity index (χ2v) is 4.52. The summed E-state index contributed by atoms with van der Waals surface area (Å²) in [6.45, 7) is 0. The maximum absolute atomic E-state index is 10.9. The molecular weight excluding hydrogens is 244 g/mol. The van der Waals surface area contributed by atoms with Gasteiger partial charge in [-0.25, -0.2) is 0 Å². The molecule has 14 heavy (non-hydrogen) atoms. The van der Waals surface area contributed by atoms with E-state index in [4.69, 9.17) is 0 Å². The Bertz CT molecular complexity index is 376. The fraction of sp³-hybridized carbons (Fsp3) is 0.364. The van der Waals surface area contributed by atoms with Crippen LogP contribution >= 0.6 is 15.9 Å². The number of carbonyl (C=O) groups excluding carboxylic acids is 1. The van der Waals surface area contributed by atoms with Crippen molar-refractivity contribution < 1.29 is 9.90 Å². The lowest BCUT2D eigenvalue weighted by molar-refractivity contribution is -0.126. The minimum absolute atomic E-state index is 0.528. The lowest BCUT2D eigenvalue weighted by Crippen LogP contribution is -2.32. The standard InChI is InChI=1S/C11H11BrO2/c12-10-5-1-4-9-8(10)3-2-6-11(9,14)7-13/h1,4-5,7,14H,2-3,6H2. The van der Waals surface area contributed by atoms with Crippen LogP contribution in [-0.4, -0.2) is 11.4 Å². The molecule has 1 aliphatic carbocycles. The van der Waals surface area contributed by atoms with Crippen molar-refractivity contribution in [3.05, 3.63) is 33.8 Å². The number of benzene rings is 1. The van der Waals surface area contributed by atoms with E-state index in [1.54, 1.807) is 0 Å². The van der Waals surface area contributed by atoms with E-state index in [0.29, 0.717) is 12.7 Å². The fourth-order valence-electron chi connectivity index (χ4n) is 2.01. The summed E-state index contributed by atoms with van der Waals surface area (Å²) in [7, 11) is 0. The van der Waals surface area contributed by atoms with Crippen LogP contribution < -0.4 is 0 Å². The maximum Gasteiger partial charge on any atom is 0.156 e. The molecule has 3 heteroatoms. The molecule has 0 fully saturated rings. The Balaban J connectivity index is 2.60. The third-order valence-electron chi connectivity index (χ3n) is 2.76. The SMILES string of the molecule is O=CC1(O)CCCc2c(Br)cccc21. The first-order valence-corrected chi connectivity index (χ1v) is 5.43. The molecule has 2 rings (SSSR count). The largest absolute Gasteiger partial charge is 0.378 e. The molecule has 1 atom stereocenters. The molecule has 1 N–H and O–H groups in total. The summed E-state index contributed by atoms with van der Waals surface area (Å²) < 4.78 is 0.981. The van der Waals surface area contributed by atoms with Gasteiger partial charge in [-0.05, 0) is 36.5 Å². The molecule has 1 unspecified atom stereocenters. The van der Waals surface area contributed by atoms with Crippen molar-refractivity contribution in [3.8, 4) is 0 Å². The molecule has 0 bridgehead atoms. The number of hydrogen-bond donors (Lipinski definition) is 1. The Morgan fingerprint density at radius 1 is 1.50 bits per heavy atom. The molecule has 1 aliphatic rings. The molecule has 0 radical (unpaired) electrons. The third-order valence-corrected chi connectivity index (χ3v) is 3.51. The van der Waals surface area contributed by atoms with Crippen molar-refractivity contribution in [1.82, 2.24) is 0 Å². The van der Waals surface area contributed by atoms with Gasteiger partial charge in [0, 0.05) is 4.47 Å². The van der Waals surface area contributed by atoms with Gasteiger partial charge in [0.25, 0.3) is 0 Å². The molecular formula is C11H11BrO2. The molecule has 1 aromatic carbocycles. The Morgan fingerprint density at radius 2 is 2.29 bits per heavy atom. The monoisotopic (exact) mass is 254 g/mol. The molecule has 0 aliphatic heterocycles. The van der Waals surface area contributed by atoms with E-state index in [1.165, 1.54) is 0 Å². The minimum atomic E-state index is -1.27. The Labute approximate surface area is 91.1 Å². The topological polar surface area (TPSA) is 37.3 Å². The third kappa shape index (κ3) is 1.41. The molecule has 0 saturated carbocycles. The highest BCUT2D eigenvalue weighted by Crippen LogP contribution is 2.36. The van der Waals surface area contributed by atoms with Crippen LogP contribution in [0.5, 0.6) is 0 Å². The summed E-state index contributed by atoms with van der Waals surface area (Å²) >= 11 is 3.44. The summed E-state index contributed by atoms with van der Waals surface area (Å²) in [5.74, 6) is 0. The van der Waals surface area contributed by atoms with E-state index in [-0.39, 0.29) is 0 Å². The molecule has 0 spiro atoms. The van der Waals surface area contributed by atoms with Crippen LogP contribution in [0.3, 0.4) is 0 Å². The number of hydrogen-bond acceptors (Lipinski definition) is 2. The average molecular weight is 255 g/mol. The van der Waals surface area contributed by atoms with Crippen molar-refractivity contribution in [2.75, 3.05) is 0 Å². The first kappa shape index (κ1) is 9.87.